The summed E-state index contributed by atoms with van der Waals surface area (Å²) in [7, 11) is 1.87. The van der Waals surface area contributed by atoms with E-state index in [0.29, 0.717) is 6.04 Å². The first kappa shape index (κ1) is 25.9. The van der Waals surface area contributed by atoms with Crippen molar-refractivity contribution < 1.29 is 0 Å². The third-order valence-corrected chi connectivity index (χ3v) is 5.34. The molecule has 0 saturated carbocycles. The highest BCUT2D eigenvalue weighted by molar-refractivity contribution is 14.0. The van der Waals surface area contributed by atoms with Crippen molar-refractivity contribution in [3.8, 4) is 0 Å². The minimum Gasteiger partial charge on any atom is -0.356 e. The van der Waals surface area contributed by atoms with Crippen molar-refractivity contribution in [1.29, 1.82) is 0 Å². The minimum absolute atomic E-state index is 0. The van der Waals surface area contributed by atoms with Gasteiger partial charge in [0.05, 0.1) is 0 Å². The van der Waals surface area contributed by atoms with Gasteiger partial charge in [0.1, 0.15) is 0 Å². The Labute approximate surface area is 179 Å². The maximum atomic E-state index is 4.36. The molecule has 1 aliphatic rings. The fourth-order valence-corrected chi connectivity index (χ4v) is 3.40. The monoisotopic (exact) mass is 481 g/mol. The van der Waals surface area contributed by atoms with Crippen LogP contribution in [-0.2, 0) is 0 Å². The fraction of sp³-hybridized carbons (Fsp3) is 0.950. The summed E-state index contributed by atoms with van der Waals surface area (Å²) in [6.45, 7) is 14.8. The number of unbranched alkanes of at least 4 members (excludes halogenated alkanes) is 6. The third-order valence-electron chi connectivity index (χ3n) is 5.34. The topological polar surface area (TPSA) is 42.9 Å². The predicted octanol–water partition coefficient (Wildman–Crippen LogP) is 3.55. The molecular formula is C20H44IN5. The fourth-order valence-electron chi connectivity index (χ4n) is 3.40. The van der Waals surface area contributed by atoms with Crippen LogP contribution in [0.5, 0.6) is 0 Å². The highest BCUT2D eigenvalue weighted by Crippen LogP contribution is 2.07. The highest BCUT2D eigenvalue weighted by atomic mass is 127. The molecule has 26 heavy (non-hydrogen) atoms. The van der Waals surface area contributed by atoms with Crippen LogP contribution in [0, 0.1) is 0 Å². The Bertz CT molecular complexity index is 343. The number of hydrogen-bond acceptors (Lipinski definition) is 3. The van der Waals surface area contributed by atoms with E-state index in [9.17, 15) is 0 Å². The molecule has 0 spiro atoms. The van der Waals surface area contributed by atoms with Gasteiger partial charge in [-0.15, -0.1) is 24.0 Å². The van der Waals surface area contributed by atoms with Crippen LogP contribution in [0.2, 0.25) is 0 Å². The Kier molecular flexibility index (Phi) is 17.0. The van der Waals surface area contributed by atoms with Crippen LogP contribution in [0.1, 0.15) is 65.7 Å². The van der Waals surface area contributed by atoms with Gasteiger partial charge in [0, 0.05) is 52.4 Å². The Balaban J connectivity index is 0.00000625. The quantitative estimate of drug-likeness (QED) is 0.194. The molecule has 0 radical (unpaired) electrons. The first-order chi connectivity index (χ1) is 12.2. The lowest BCUT2D eigenvalue weighted by Gasteiger charge is -2.37. The molecule has 0 aliphatic carbocycles. The van der Waals surface area contributed by atoms with E-state index < -0.39 is 0 Å². The van der Waals surface area contributed by atoms with Gasteiger partial charge in [-0.25, -0.2) is 0 Å². The van der Waals surface area contributed by atoms with Gasteiger partial charge in [-0.3, -0.25) is 9.89 Å². The van der Waals surface area contributed by atoms with E-state index >= 15 is 0 Å². The number of piperazine rings is 1. The highest BCUT2D eigenvalue weighted by Gasteiger charge is 2.20. The summed E-state index contributed by atoms with van der Waals surface area (Å²) >= 11 is 0. The average molecular weight is 482 g/mol. The average Bonchev–Trinajstić information content (AvgIpc) is 2.66. The molecule has 1 rings (SSSR count). The van der Waals surface area contributed by atoms with Crippen molar-refractivity contribution in [2.75, 3.05) is 52.9 Å². The number of likely N-dealkylation sites (N-methyl/N-ethyl adjacent to an activating group) is 1. The van der Waals surface area contributed by atoms with E-state index in [1.807, 2.05) is 7.05 Å². The number of nitrogens with zero attached hydrogens (tertiary/aromatic N) is 3. The number of rotatable bonds is 12. The Hall–Kier alpha value is -0.0800. The summed E-state index contributed by atoms with van der Waals surface area (Å²) in [6.07, 6.45) is 9.44. The molecule has 5 nitrogen and oxygen atoms in total. The van der Waals surface area contributed by atoms with Crippen LogP contribution in [0.25, 0.3) is 0 Å². The summed E-state index contributed by atoms with van der Waals surface area (Å²) in [5.74, 6) is 0.949. The number of halogens is 1. The summed E-state index contributed by atoms with van der Waals surface area (Å²) < 4.78 is 0. The molecule has 0 aromatic rings. The molecule has 1 atom stereocenters. The van der Waals surface area contributed by atoms with Gasteiger partial charge >= 0.3 is 0 Å². The van der Waals surface area contributed by atoms with Crippen LogP contribution >= 0.6 is 24.0 Å². The number of aliphatic imine (C=N–C) groups is 1. The summed E-state index contributed by atoms with van der Waals surface area (Å²) in [5, 5.41) is 6.95. The lowest BCUT2D eigenvalue weighted by Crippen LogP contribution is -2.53. The largest absolute Gasteiger partial charge is 0.356 e. The van der Waals surface area contributed by atoms with E-state index in [0.717, 1.165) is 19.0 Å². The molecule has 2 N–H and O–H groups in total. The molecule has 0 bridgehead atoms. The zero-order valence-electron chi connectivity index (χ0n) is 17.7. The SMILES string of the molecule is CCCCCCCCCNC(=NC)NCC(C)N1CCN(CC)CC1.I. The van der Waals surface area contributed by atoms with Gasteiger partial charge in [-0.2, -0.15) is 0 Å². The molecule has 0 aromatic heterocycles. The Morgan fingerprint density at radius 2 is 1.54 bits per heavy atom. The van der Waals surface area contributed by atoms with Crippen LogP contribution in [0.15, 0.2) is 4.99 Å². The maximum Gasteiger partial charge on any atom is 0.191 e. The second-order valence-electron chi connectivity index (χ2n) is 7.32. The van der Waals surface area contributed by atoms with E-state index in [-0.39, 0.29) is 24.0 Å². The molecule has 0 amide bonds. The lowest BCUT2D eigenvalue weighted by atomic mass is 10.1. The third kappa shape index (κ3) is 11.6. The van der Waals surface area contributed by atoms with Crippen LogP contribution < -0.4 is 10.6 Å². The van der Waals surface area contributed by atoms with Gasteiger partial charge < -0.3 is 15.5 Å². The van der Waals surface area contributed by atoms with Crippen molar-refractivity contribution in [1.82, 2.24) is 20.4 Å². The van der Waals surface area contributed by atoms with E-state index in [1.165, 1.54) is 77.7 Å². The maximum absolute atomic E-state index is 4.36. The lowest BCUT2D eigenvalue weighted by molar-refractivity contribution is 0.107. The molecule has 1 aliphatic heterocycles. The van der Waals surface area contributed by atoms with Gasteiger partial charge in [-0.05, 0) is 19.9 Å². The first-order valence-electron chi connectivity index (χ1n) is 10.6. The van der Waals surface area contributed by atoms with Gasteiger partial charge in [-0.1, -0.05) is 52.4 Å². The van der Waals surface area contributed by atoms with Crippen LogP contribution in [0.4, 0.5) is 0 Å². The molecule has 1 saturated heterocycles. The Morgan fingerprint density at radius 3 is 2.12 bits per heavy atom. The zero-order chi connectivity index (χ0) is 18.3. The van der Waals surface area contributed by atoms with E-state index in [1.54, 1.807) is 0 Å². The molecule has 6 heteroatoms. The van der Waals surface area contributed by atoms with E-state index in [2.05, 4.69) is 46.2 Å². The summed E-state index contributed by atoms with van der Waals surface area (Å²) in [5.41, 5.74) is 0. The van der Waals surface area contributed by atoms with Crippen molar-refractivity contribution >= 4 is 29.9 Å². The molecule has 1 fully saturated rings. The van der Waals surface area contributed by atoms with Gasteiger partial charge in [0.15, 0.2) is 5.96 Å². The second kappa shape index (κ2) is 17.0. The predicted molar refractivity (Wildman–Crippen MR) is 126 cm³/mol. The minimum atomic E-state index is 0. The smallest absolute Gasteiger partial charge is 0.191 e. The molecule has 156 valence electrons. The number of nitrogens with one attached hydrogen (secondary N) is 2. The van der Waals surface area contributed by atoms with Gasteiger partial charge in [0.25, 0.3) is 0 Å². The standard InChI is InChI=1S/C20H43N5.HI/c1-5-7-8-9-10-11-12-13-22-20(21-4)23-18-19(3)25-16-14-24(6-2)15-17-25;/h19H,5-18H2,1-4H3,(H2,21,22,23);1H. The zero-order valence-corrected chi connectivity index (χ0v) is 20.1. The van der Waals surface area contributed by atoms with Crippen molar-refractivity contribution in [3.63, 3.8) is 0 Å². The second-order valence-corrected chi connectivity index (χ2v) is 7.32. The number of hydrogen-bond donors (Lipinski definition) is 2. The molecule has 0 aromatic carbocycles. The summed E-state index contributed by atoms with van der Waals surface area (Å²) in [6, 6.07) is 0.552. The van der Waals surface area contributed by atoms with E-state index in [4.69, 9.17) is 0 Å². The Morgan fingerprint density at radius 1 is 0.923 bits per heavy atom. The normalized spacial score (nSPS) is 17.6. The van der Waals surface area contributed by atoms with Crippen LogP contribution in [0.3, 0.4) is 0 Å². The number of guanidine groups is 1. The van der Waals surface area contributed by atoms with Crippen LogP contribution in [-0.4, -0.2) is 74.7 Å². The molecular weight excluding hydrogens is 437 g/mol. The van der Waals surface area contributed by atoms with Crippen molar-refractivity contribution in [2.24, 2.45) is 4.99 Å². The van der Waals surface area contributed by atoms with Gasteiger partial charge in [0.2, 0.25) is 0 Å². The van der Waals surface area contributed by atoms with Crippen molar-refractivity contribution in [2.45, 2.75) is 71.8 Å². The molecule has 1 heterocycles. The van der Waals surface area contributed by atoms with Crippen molar-refractivity contribution in [3.05, 3.63) is 0 Å². The summed E-state index contributed by atoms with van der Waals surface area (Å²) in [4.78, 5) is 9.47. The first-order valence-corrected chi connectivity index (χ1v) is 10.6. The molecule has 1 unspecified atom stereocenters.